The molecule has 0 saturated heterocycles. The number of nitrogens with two attached hydrogens (primary N) is 1. The largest absolute Gasteiger partial charge is 0.496 e. The summed E-state index contributed by atoms with van der Waals surface area (Å²) in [4.78, 5) is 0. The summed E-state index contributed by atoms with van der Waals surface area (Å²) in [5, 5.41) is 0.504. The topological polar surface area (TPSA) is 35.2 Å². The lowest BCUT2D eigenvalue weighted by Crippen LogP contribution is -2.53. The Labute approximate surface area is 104 Å². The van der Waals surface area contributed by atoms with Crippen LogP contribution in [0.3, 0.4) is 0 Å². The third-order valence-corrected chi connectivity index (χ3v) is 3.55. The zero-order chi connectivity index (χ0) is 12.7. The van der Waals surface area contributed by atoms with Crippen LogP contribution in [-0.4, -0.2) is 19.6 Å². The fourth-order valence-electron chi connectivity index (χ4n) is 2.48. The van der Waals surface area contributed by atoms with E-state index in [4.69, 9.17) is 22.1 Å². The minimum atomic E-state index is -2.63. The number of hydrogen-bond donors (Lipinski definition) is 1. The molecule has 0 unspecified atom stereocenters. The van der Waals surface area contributed by atoms with Gasteiger partial charge in [-0.15, -0.1) is 0 Å². The molecule has 0 radical (unpaired) electrons. The van der Waals surface area contributed by atoms with Gasteiger partial charge in [0.25, 0.3) is 0 Å². The monoisotopic (exact) mass is 261 g/mol. The minimum Gasteiger partial charge on any atom is -0.496 e. The highest BCUT2D eigenvalue weighted by molar-refractivity contribution is 6.30. The Balaban J connectivity index is 2.41. The van der Waals surface area contributed by atoms with E-state index in [2.05, 4.69) is 0 Å². The maximum atomic E-state index is 13.1. The second-order valence-electron chi connectivity index (χ2n) is 4.54. The van der Waals surface area contributed by atoms with E-state index >= 15 is 0 Å². The Morgan fingerprint density at radius 2 is 2.06 bits per heavy atom. The molecule has 0 atom stereocenters. The van der Waals surface area contributed by atoms with Gasteiger partial charge in [-0.05, 0) is 18.2 Å². The van der Waals surface area contributed by atoms with Gasteiger partial charge < -0.3 is 10.5 Å². The predicted octanol–water partition coefficient (Wildman–Crippen LogP) is 2.97. The number of rotatable bonds is 3. The van der Waals surface area contributed by atoms with E-state index in [1.165, 1.54) is 7.11 Å². The van der Waals surface area contributed by atoms with Gasteiger partial charge in [0.05, 0.1) is 7.11 Å². The molecule has 1 fully saturated rings. The average Bonchev–Trinajstić information content (AvgIpc) is 2.25. The summed E-state index contributed by atoms with van der Waals surface area (Å²) in [7, 11) is 1.51. The number of alkyl halides is 2. The highest BCUT2D eigenvalue weighted by atomic mass is 35.5. The highest BCUT2D eigenvalue weighted by Gasteiger charge is 2.57. The van der Waals surface area contributed by atoms with E-state index in [0.717, 1.165) is 0 Å². The van der Waals surface area contributed by atoms with Gasteiger partial charge in [-0.2, -0.15) is 0 Å². The van der Waals surface area contributed by atoms with Crippen LogP contribution in [0, 0.1) is 0 Å². The Morgan fingerprint density at radius 3 is 2.53 bits per heavy atom. The summed E-state index contributed by atoms with van der Waals surface area (Å²) >= 11 is 5.91. The van der Waals surface area contributed by atoms with Crippen LogP contribution in [0.2, 0.25) is 5.02 Å². The zero-order valence-corrected chi connectivity index (χ0v) is 10.2. The summed E-state index contributed by atoms with van der Waals surface area (Å²) in [6.45, 7) is 0.166. The van der Waals surface area contributed by atoms with Gasteiger partial charge >= 0.3 is 0 Å². The minimum absolute atomic E-state index is 0.166. The number of methoxy groups -OCH3 is 1. The van der Waals surface area contributed by atoms with Crippen molar-refractivity contribution in [2.24, 2.45) is 5.73 Å². The molecular weight excluding hydrogens is 248 g/mol. The van der Waals surface area contributed by atoms with Crippen molar-refractivity contribution in [3.8, 4) is 5.75 Å². The normalized spacial score (nSPS) is 20.8. The lowest BCUT2D eigenvalue weighted by atomic mass is 9.62. The zero-order valence-electron chi connectivity index (χ0n) is 9.47. The van der Waals surface area contributed by atoms with E-state index in [1.54, 1.807) is 18.2 Å². The predicted molar refractivity (Wildman–Crippen MR) is 62.9 cm³/mol. The van der Waals surface area contributed by atoms with Crippen molar-refractivity contribution in [2.75, 3.05) is 13.7 Å². The van der Waals surface area contributed by atoms with Crippen LogP contribution in [0.15, 0.2) is 18.2 Å². The van der Waals surface area contributed by atoms with E-state index in [-0.39, 0.29) is 19.4 Å². The SMILES string of the molecule is COc1ccc(Cl)cc1C1(CN)CC(F)(F)C1. The maximum Gasteiger partial charge on any atom is 0.250 e. The molecule has 1 aromatic carbocycles. The molecule has 0 aromatic heterocycles. The molecule has 0 aliphatic heterocycles. The molecule has 2 N–H and O–H groups in total. The Bertz CT molecular complexity index is 429. The quantitative estimate of drug-likeness (QED) is 0.908. The lowest BCUT2D eigenvalue weighted by Gasteiger charge is -2.47. The van der Waals surface area contributed by atoms with E-state index < -0.39 is 11.3 Å². The van der Waals surface area contributed by atoms with Crippen LogP contribution in [0.25, 0.3) is 0 Å². The molecule has 0 spiro atoms. The number of halogens is 3. The van der Waals surface area contributed by atoms with Gasteiger partial charge in [0.15, 0.2) is 0 Å². The smallest absolute Gasteiger partial charge is 0.250 e. The van der Waals surface area contributed by atoms with E-state index in [9.17, 15) is 8.78 Å². The third kappa shape index (κ3) is 2.11. The molecule has 1 aliphatic carbocycles. The lowest BCUT2D eigenvalue weighted by molar-refractivity contribution is -0.124. The fourth-order valence-corrected chi connectivity index (χ4v) is 2.65. The van der Waals surface area contributed by atoms with Crippen LogP contribution < -0.4 is 10.5 Å². The van der Waals surface area contributed by atoms with Crippen molar-refractivity contribution in [3.63, 3.8) is 0 Å². The van der Waals surface area contributed by atoms with Gasteiger partial charge in [-0.25, -0.2) is 8.78 Å². The van der Waals surface area contributed by atoms with Gasteiger partial charge in [0.2, 0.25) is 5.92 Å². The Hall–Kier alpha value is -0.870. The van der Waals surface area contributed by atoms with Crippen molar-refractivity contribution in [1.82, 2.24) is 0 Å². The molecule has 1 aromatic rings. The Morgan fingerprint density at radius 1 is 1.41 bits per heavy atom. The number of ether oxygens (including phenoxy) is 1. The molecule has 1 saturated carbocycles. The molecular formula is C12H14ClF2NO. The standard InChI is InChI=1S/C12H14ClF2NO/c1-17-10-3-2-8(13)4-9(10)11(7-16)5-12(14,15)6-11/h2-4H,5-7,16H2,1H3. The van der Waals surface area contributed by atoms with Gasteiger partial charge in [0.1, 0.15) is 5.75 Å². The van der Waals surface area contributed by atoms with E-state index in [0.29, 0.717) is 16.3 Å². The van der Waals surface area contributed by atoms with Crippen molar-refractivity contribution in [3.05, 3.63) is 28.8 Å². The van der Waals surface area contributed by atoms with Crippen LogP contribution in [0.4, 0.5) is 8.78 Å². The fraction of sp³-hybridized carbons (Fsp3) is 0.500. The Kier molecular flexibility index (Phi) is 3.04. The summed E-state index contributed by atoms with van der Waals surface area (Å²) in [5.74, 6) is -2.07. The van der Waals surface area contributed by atoms with Crippen molar-refractivity contribution in [2.45, 2.75) is 24.2 Å². The van der Waals surface area contributed by atoms with Gasteiger partial charge in [-0.3, -0.25) is 0 Å². The van der Waals surface area contributed by atoms with Crippen molar-refractivity contribution in [1.29, 1.82) is 0 Å². The molecule has 0 amide bonds. The summed E-state index contributed by atoms with van der Waals surface area (Å²) in [6, 6.07) is 5.03. The van der Waals surface area contributed by atoms with Crippen molar-refractivity contribution >= 4 is 11.6 Å². The van der Waals surface area contributed by atoms with Crippen LogP contribution in [-0.2, 0) is 5.41 Å². The second kappa shape index (κ2) is 4.10. The van der Waals surface area contributed by atoms with Crippen molar-refractivity contribution < 1.29 is 13.5 Å². The third-order valence-electron chi connectivity index (χ3n) is 3.32. The van der Waals surface area contributed by atoms with Crippen LogP contribution >= 0.6 is 11.6 Å². The first-order valence-corrected chi connectivity index (χ1v) is 5.72. The summed E-state index contributed by atoms with van der Waals surface area (Å²) < 4.78 is 31.4. The molecule has 94 valence electrons. The molecule has 2 nitrogen and oxygen atoms in total. The first kappa shape index (κ1) is 12.6. The average molecular weight is 262 g/mol. The second-order valence-corrected chi connectivity index (χ2v) is 4.97. The van der Waals surface area contributed by atoms with Gasteiger partial charge in [0, 0.05) is 35.4 Å². The summed E-state index contributed by atoms with van der Waals surface area (Å²) in [5.41, 5.74) is 5.64. The van der Waals surface area contributed by atoms with Crippen LogP contribution in [0.1, 0.15) is 18.4 Å². The van der Waals surface area contributed by atoms with E-state index in [1.807, 2.05) is 0 Å². The first-order chi connectivity index (χ1) is 7.92. The molecule has 5 heteroatoms. The number of hydrogen-bond acceptors (Lipinski definition) is 2. The maximum absolute atomic E-state index is 13.1. The van der Waals surface area contributed by atoms with Crippen LogP contribution in [0.5, 0.6) is 5.75 Å². The molecule has 1 aliphatic rings. The number of benzene rings is 1. The van der Waals surface area contributed by atoms with Gasteiger partial charge in [-0.1, -0.05) is 11.6 Å². The molecule has 0 bridgehead atoms. The summed E-state index contributed by atoms with van der Waals surface area (Å²) in [6.07, 6.45) is -0.486. The molecule has 2 rings (SSSR count). The first-order valence-electron chi connectivity index (χ1n) is 5.34. The highest BCUT2D eigenvalue weighted by Crippen LogP contribution is 2.55. The molecule has 17 heavy (non-hydrogen) atoms. The molecule has 0 heterocycles.